The summed E-state index contributed by atoms with van der Waals surface area (Å²) in [6.45, 7) is 13.9. The number of esters is 1. The lowest BCUT2D eigenvalue weighted by molar-refractivity contribution is -0.148. The third-order valence-corrected chi connectivity index (χ3v) is 9.75. The summed E-state index contributed by atoms with van der Waals surface area (Å²) in [6.07, 6.45) is 2.45. The summed E-state index contributed by atoms with van der Waals surface area (Å²) >= 11 is 0. The van der Waals surface area contributed by atoms with Crippen LogP contribution in [0.4, 0.5) is 4.79 Å². The van der Waals surface area contributed by atoms with Crippen LogP contribution in [0.3, 0.4) is 0 Å². The van der Waals surface area contributed by atoms with Gasteiger partial charge in [0, 0.05) is 6.54 Å². The van der Waals surface area contributed by atoms with Crippen molar-refractivity contribution in [2.75, 3.05) is 6.54 Å². The number of ether oxygens (including phenoxy) is 1. The van der Waals surface area contributed by atoms with E-state index in [4.69, 9.17) is 10.5 Å². The normalized spacial score (nSPS) is 23.1. The second kappa shape index (κ2) is 14.0. The molecule has 2 saturated carbocycles. The number of Topliss-reactive ketones (excluding diaryl/α,β-unsaturated/α-hetero) is 1. The first-order valence-electron chi connectivity index (χ1n) is 16.6. The van der Waals surface area contributed by atoms with Crippen molar-refractivity contribution < 1.29 is 33.5 Å². The Hall–Kier alpha value is -3.96. The molecule has 1 heterocycles. The molecule has 1 aliphatic heterocycles. The van der Waals surface area contributed by atoms with Gasteiger partial charge in [0.2, 0.25) is 17.6 Å². The van der Waals surface area contributed by atoms with E-state index in [0.717, 1.165) is 18.4 Å². The third-order valence-electron chi connectivity index (χ3n) is 9.75. The number of hydrogen-bond donors (Lipinski definition) is 4. The van der Waals surface area contributed by atoms with Gasteiger partial charge in [-0.3, -0.25) is 19.2 Å². The van der Waals surface area contributed by atoms with Crippen molar-refractivity contribution in [1.29, 1.82) is 0 Å². The highest BCUT2D eigenvalue weighted by atomic mass is 16.5. The first-order chi connectivity index (χ1) is 21.9. The molecule has 1 unspecified atom stereocenters. The molecule has 2 aliphatic carbocycles. The maximum Gasteiger partial charge on any atom is 0.329 e. The van der Waals surface area contributed by atoms with Crippen molar-refractivity contribution >= 4 is 35.5 Å². The summed E-state index contributed by atoms with van der Waals surface area (Å²) < 4.78 is 5.53. The van der Waals surface area contributed by atoms with E-state index < -0.39 is 59.7 Å². The number of nitrogens with two attached hydrogens (primary N) is 1. The molecule has 0 radical (unpaired) electrons. The molecule has 4 rings (SSSR count). The zero-order valence-electron chi connectivity index (χ0n) is 28.6. The zero-order valence-corrected chi connectivity index (χ0v) is 28.6. The number of carbonyl (C=O) groups is 6. The van der Waals surface area contributed by atoms with E-state index in [-0.39, 0.29) is 41.1 Å². The van der Waals surface area contributed by atoms with Crippen LogP contribution in [-0.4, -0.2) is 71.1 Å². The monoisotopic (exact) mass is 653 g/mol. The molecule has 12 heteroatoms. The Morgan fingerprint density at radius 3 is 2.17 bits per heavy atom. The molecule has 1 aromatic carbocycles. The molecule has 0 aromatic heterocycles. The molecule has 12 nitrogen and oxygen atoms in total. The predicted octanol–water partition coefficient (Wildman–Crippen LogP) is 2.68. The highest BCUT2D eigenvalue weighted by Crippen LogP contribution is 2.65. The van der Waals surface area contributed by atoms with Crippen molar-refractivity contribution in [1.82, 2.24) is 20.9 Å². The second-order valence-electron chi connectivity index (χ2n) is 15.6. The van der Waals surface area contributed by atoms with Crippen molar-refractivity contribution in [3.63, 3.8) is 0 Å². The van der Waals surface area contributed by atoms with E-state index in [0.29, 0.717) is 19.4 Å². The maximum absolute atomic E-state index is 14.1. The average molecular weight is 654 g/mol. The predicted molar refractivity (Wildman–Crippen MR) is 174 cm³/mol. The molecule has 1 saturated heterocycles. The number of primary amides is 1. The number of ketones is 1. The lowest BCUT2D eigenvalue weighted by Crippen LogP contribution is -2.60. The topological polar surface area (TPSA) is 177 Å². The van der Waals surface area contributed by atoms with Crippen LogP contribution >= 0.6 is 0 Å². The summed E-state index contributed by atoms with van der Waals surface area (Å²) in [5, 5.41) is 8.23. The standard InChI is InChI=1S/C35H51N5O7/c1-19(2)26(39-33(46)38-24(16-34(3,4)5)32(45)47-18-21-11-9-8-10-12-21)31(44)40-17-22-25(35(22,6)7)27(40)30(43)37-23(15-20-13-14-20)28(41)29(36)42/h8-12,19-20,22-27H,13-18H2,1-7H3,(H2,36,42)(H,37,43)(H2,38,39,46)/t22-,23?,24-,25-,26-,27-/m0/s1. The molecule has 47 heavy (non-hydrogen) atoms. The van der Waals surface area contributed by atoms with Crippen molar-refractivity contribution in [3.05, 3.63) is 35.9 Å². The van der Waals surface area contributed by atoms with Crippen LogP contribution in [0.15, 0.2) is 30.3 Å². The number of rotatable bonds is 14. The fraction of sp³-hybridized carbons (Fsp3) is 0.657. The average Bonchev–Trinajstić information content (AvgIpc) is 3.84. The molecule has 1 aromatic rings. The van der Waals surface area contributed by atoms with Crippen LogP contribution < -0.4 is 21.7 Å². The fourth-order valence-electron chi connectivity index (χ4n) is 6.83. The molecule has 0 spiro atoms. The summed E-state index contributed by atoms with van der Waals surface area (Å²) in [5.41, 5.74) is 5.58. The van der Waals surface area contributed by atoms with Gasteiger partial charge in [-0.05, 0) is 52.9 Å². The van der Waals surface area contributed by atoms with Gasteiger partial charge in [0.25, 0.3) is 5.91 Å². The van der Waals surface area contributed by atoms with Crippen LogP contribution in [0.5, 0.6) is 0 Å². The summed E-state index contributed by atoms with van der Waals surface area (Å²) in [7, 11) is 0. The summed E-state index contributed by atoms with van der Waals surface area (Å²) in [5.74, 6) is -3.68. The molecular formula is C35H51N5O7. The zero-order chi connectivity index (χ0) is 34.8. The largest absolute Gasteiger partial charge is 0.459 e. The molecule has 258 valence electrons. The lowest BCUT2D eigenvalue weighted by atomic mass is 9.88. The minimum atomic E-state index is -1.11. The number of likely N-dealkylation sites (tertiary alicyclic amines) is 1. The minimum Gasteiger partial charge on any atom is -0.459 e. The molecule has 0 bridgehead atoms. The molecular weight excluding hydrogens is 602 g/mol. The number of hydrogen-bond acceptors (Lipinski definition) is 7. The SMILES string of the molecule is CC(C)[C@H](NC(=O)N[C@@H](CC(C)(C)C)C(=O)OCc1ccccc1)C(=O)N1C[C@H]2[C@@H]([C@H]1C(=O)NC(CC1CC1)C(=O)C(N)=O)C2(C)C. The van der Waals surface area contributed by atoms with E-state index >= 15 is 0 Å². The van der Waals surface area contributed by atoms with Gasteiger partial charge < -0.3 is 31.3 Å². The number of amides is 5. The summed E-state index contributed by atoms with van der Waals surface area (Å²) in [4.78, 5) is 80.2. The smallest absolute Gasteiger partial charge is 0.329 e. The Labute approximate surface area is 277 Å². The molecule has 3 fully saturated rings. The molecule has 6 atom stereocenters. The quantitative estimate of drug-likeness (QED) is 0.176. The molecule has 5 N–H and O–H groups in total. The fourth-order valence-corrected chi connectivity index (χ4v) is 6.83. The number of benzene rings is 1. The highest BCUT2D eigenvalue weighted by molar-refractivity contribution is 6.37. The van der Waals surface area contributed by atoms with Crippen LogP contribution in [0.2, 0.25) is 0 Å². The van der Waals surface area contributed by atoms with Crippen molar-refractivity contribution in [3.8, 4) is 0 Å². The Balaban J connectivity index is 1.47. The third kappa shape index (κ3) is 8.90. The van der Waals surface area contributed by atoms with Gasteiger partial charge in [0.15, 0.2) is 0 Å². The highest BCUT2D eigenvalue weighted by Gasteiger charge is 2.69. The Kier molecular flexibility index (Phi) is 10.7. The van der Waals surface area contributed by atoms with Crippen molar-refractivity contribution in [2.24, 2.45) is 40.2 Å². The van der Waals surface area contributed by atoms with E-state index in [9.17, 15) is 28.8 Å². The van der Waals surface area contributed by atoms with Crippen LogP contribution in [-0.2, 0) is 35.3 Å². The van der Waals surface area contributed by atoms with Crippen LogP contribution in [0, 0.1) is 34.5 Å². The Bertz CT molecular complexity index is 1370. The Morgan fingerprint density at radius 1 is 0.979 bits per heavy atom. The first-order valence-corrected chi connectivity index (χ1v) is 16.6. The van der Waals surface area contributed by atoms with E-state index in [2.05, 4.69) is 16.0 Å². The van der Waals surface area contributed by atoms with Crippen molar-refractivity contribution in [2.45, 2.75) is 105 Å². The van der Waals surface area contributed by atoms with E-state index in [1.165, 1.54) is 4.90 Å². The van der Waals surface area contributed by atoms with Gasteiger partial charge in [0.05, 0.1) is 6.04 Å². The number of nitrogens with zero attached hydrogens (tertiary/aromatic N) is 1. The number of urea groups is 1. The first kappa shape index (κ1) is 35.9. The summed E-state index contributed by atoms with van der Waals surface area (Å²) in [6, 6.07) is 4.63. The lowest BCUT2D eigenvalue weighted by Gasteiger charge is -2.35. The number of carbonyl (C=O) groups excluding carboxylic acids is 6. The molecule has 3 aliphatic rings. The Morgan fingerprint density at radius 2 is 1.62 bits per heavy atom. The van der Waals surface area contributed by atoms with Gasteiger partial charge in [-0.15, -0.1) is 0 Å². The maximum atomic E-state index is 14.1. The molecule has 5 amide bonds. The van der Waals surface area contributed by atoms with Gasteiger partial charge in [-0.2, -0.15) is 0 Å². The van der Waals surface area contributed by atoms with E-state index in [1.807, 2.05) is 65.0 Å². The van der Waals surface area contributed by atoms with E-state index in [1.54, 1.807) is 13.8 Å². The second-order valence-corrected chi connectivity index (χ2v) is 15.6. The number of fused-ring (bicyclic) bond motifs is 1. The van der Waals surface area contributed by atoms with Gasteiger partial charge >= 0.3 is 12.0 Å². The van der Waals surface area contributed by atoms with Gasteiger partial charge in [0.1, 0.15) is 24.7 Å². The minimum absolute atomic E-state index is 0.0559. The van der Waals surface area contributed by atoms with Crippen LogP contribution in [0.25, 0.3) is 0 Å². The van der Waals surface area contributed by atoms with Crippen LogP contribution in [0.1, 0.15) is 79.7 Å². The van der Waals surface area contributed by atoms with Gasteiger partial charge in [-0.25, -0.2) is 9.59 Å². The number of piperidine rings is 1. The number of nitrogens with one attached hydrogen (secondary N) is 3. The van der Waals surface area contributed by atoms with Gasteiger partial charge in [-0.1, -0.05) is 91.6 Å².